The van der Waals surface area contributed by atoms with Crippen molar-refractivity contribution in [1.82, 2.24) is 4.98 Å². The van der Waals surface area contributed by atoms with Gasteiger partial charge in [-0.05, 0) is 50.3 Å². The molecule has 152 valence electrons. The molecule has 0 amide bonds. The van der Waals surface area contributed by atoms with Gasteiger partial charge >= 0.3 is 5.97 Å². The summed E-state index contributed by atoms with van der Waals surface area (Å²) in [4.78, 5) is 17.8. The first kappa shape index (κ1) is 21.8. The van der Waals surface area contributed by atoms with Crippen LogP contribution in [-0.4, -0.2) is 31.2 Å². The molecule has 2 aromatic rings. The van der Waals surface area contributed by atoms with E-state index in [2.05, 4.69) is 49.7 Å². The number of nitrogens with zero attached hydrogens (tertiary/aromatic N) is 1. The zero-order chi connectivity index (χ0) is 20.8. The number of rotatable bonds is 9. The molecule has 0 aliphatic heterocycles. The van der Waals surface area contributed by atoms with E-state index in [1.54, 1.807) is 0 Å². The summed E-state index contributed by atoms with van der Waals surface area (Å²) in [6.45, 7) is 12.4. The second-order valence-corrected chi connectivity index (χ2v) is 7.96. The van der Waals surface area contributed by atoms with Crippen molar-refractivity contribution in [1.29, 1.82) is 0 Å². The number of likely N-dealkylation sites (N-methyl/N-ethyl adjacent to an activating group) is 1. The van der Waals surface area contributed by atoms with Gasteiger partial charge in [0.15, 0.2) is 0 Å². The molecular weight excluding hydrogens is 348 g/mol. The minimum absolute atomic E-state index is 0.135. The van der Waals surface area contributed by atoms with Crippen LogP contribution in [0, 0.1) is 5.92 Å². The predicted octanol–water partition coefficient (Wildman–Crippen LogP) is 5.82. The number of carbonyl (C=O) groups is 1. The van der Waals surface area contributed by atoms with Gasteiger partial charge in [0.25, 0.3) is 0 Å². The minimum atomic E-state index is -0.332. The number of H-pyrrole nitrogens is 1. The molecule has 0 fully saturated rings. The maximum atomic E-state index is 12.3. The van der Waals surface area contributed by atoms with Crippen molar-refractivity contribution in [2.24, 2.45) is 5.92 Å². The van der Waals surface area contributed by atoms with E-state index in [1.165, 1.54) is 18.2 Å². The first-order chi connectivity index (χ1) is 13.3. The topological polar surface area (TPSA) is 45.3 Å². The summed E-state index contributed by atoms with van der Waals surface area (Å²) in [7, 11) is 3.41. The van der Waals surface area contributed by atoms with Gasteiger partial charge in [-0.1, -0.05) is 37.6 Å². The molecule has 0 saturated heterocycles. The summed E-state index contributed by atoms with van der Waals surface area (Å²) < 4.78 is 5.05. The van der Waals surface area contributed by atoms with Crippen LogP contribution in [0.5, 0.6) is 0 Å². The number of esters is 1. The van der Waals surface area contributed by atoms with Crippen LogP contribution in [0.4, 0.5) is 5.69 Å². The van der Waals surface area contributed by atoms with Gasteiger partial charge < -0.3 is 14.6 Å². The van der Waals surface area contributed by atoms with E-state index < -0.39 is 0 Å². The van der Waals surface area contributed by atoms with Crippen LogP contribution in [0.2, 0.25) is 0 Å². The predicted molar refractivity (Wildman–Crippen MR) is 119 cm³/mol. The van der Waals surface area contributed by atoms with E-state index >= 15 is 0 Å². The number of allylic oxidation sites excluding steroid dienone is 3. The lowest BCUT2D eigenvalue weighted by molar-refractivity contribution is -0.143. The molecule has 28 heavy (non-hydrogen) atoms. The van der Waals surface area contributed by atoms with Crippen molar-refractivity contribution in [2.45, 2.75) is 52.5 Å². The van der Waals surface area contributed by atoms with Gasteiger partial charge in [-0.2, -0.15) is 0 Å². The lowest BCUT2D eigenvalue weighted by atomic mass is 9.91. The number of carbonyl (C=O) groups excluding carboxylic acids is 1. The molecule has 4 nitrogen and oxygen atoms in total. The number of fused-ring (bicyclic) bond motifs is 1. The highest BCUT2D eigenvalue weighted by Crippen LogP contribution is 2.35. The molecule has 4 heteroatoms. The zero-order valence-electron chi connectivity index (χ0n) is 18.1. The molecule has 1 aromatic heterocycles. The highest BCUT2D eigenvalue weighted by atomic mass is 16.5. The molecule has 1 aromatic carbocycles. The number of hydrogen-bond donors (Lipinski definition) is 1. The number of nitrogens with one attached hydrogen (secondary N) is 1. The standard InChI is InChI=1S/C24H34N2O2/c1-8-18(11-9-10-16(2)3)19-12-13-21(20-14-15-25-22(19)20)26(6)23(17(4)5)24(27)28-7/h8,10,12-15,17-18,23,25H,1,9,11H2,2-7H3. The molecule has 1 heterocycles. The lowest BCUT2D eigenvalue weighted by Gasteiger charge is -2.31. The van der Waals surface area contributed by atoms with E-state index in [0.717, 1.165) is 29.4 Å². The molecule has 0 spiro atoms. The number of hydrogen-bond acceptors (Lipinski definition) is 3. The highest BCUT2D eigenvalue weighted by molar-refractivity contribution is 5.96. The van der Waals surface area contributed by atoms with Crippen LogP contribution < -0.4 is 4.90 Å². The minimum Gasteiger partial charge on any atom is -0.467 e. The fraction of sp³-hybridized carbons (Fsp3) is 0.458. The Labute approximate surface area is 169 Å². The Balaban J connectivity index is 2.43. The van der Waals surface area contributed by atoms with Crippen LogP contribution in [-0.2, 0) is 9.53 Å². The third-order valence-corrected chi connectivity index (χ3v) is 5.32. The number of aromatic nitrogens is 1. The van der Waals surface area contributed by atoms with Crippen molar-refractivity contribution in [3.8, 4) is 0 Å². The van der Waals surface area contributed by atoms with Crippen molar-refractivity contribution in [3.05, 3.63) is 54.3 Å². The van der Waals surface area contributed by atoms with E-state index in [4.69, 9.17) is 4.74 Å². The first-order valence-corrected chi connectivity index (χ1v) is 9.98. The van der Waals surface area contributed by atoms with Crippen LogP contribution in [0.15, 0.2) is 48.7 Å². The molecule has 2 atom stereocenters. The summed E-state index contributed by atoms with van der Waals surface area (Å²) in [6.07, 6.45) is 8.32. The quantitative estimate of drug-likeness (QED) is 0.439. The maximum Gasteiger partial charge on any atom is 0.328 e. The molecular formula is C24H34N2O2. The Hall–Kier alpha value is -2.49. The largest absolute Gasteiger partial charge is 0.467 e. The molecule has 0 aliphatic rings. The summed E-state index contributed by atoms with van der Waals surface area (Å²) in [5, 5.41) is 1.11. The van der Waals surface area contributed by atoms with E-state index in [-0.39, 0.29) is 23.8 Å². The highest BCUT2D eigenvalue weighted by Gasteiger charge is 2.29. The number of benzene rings is 1. The Kier molecular flexibility index (Phi) is 7.50. The van der Waals surface area contributed by atoms with Gasteiger partial charge in [-0.3, -0.25) is 0 Å². The van der Waals surface area contributed by atoms with Crippen molar-refractivity contribution in [2.75, 3.05) is 19.1 Å². The van der Waals surface area contributed by atoms with Crippen LogP contribution >= 0.6 is 0 Å². The van der Waals surface area contributed by atoms with Gasteiger partial charge in [-0.25, -0.2) is 4.79 Å². The molecule has 0 saturated carbocycles. The lowest BCUT2D eigenvalue weighted by Crippen LogP contribution is -2.43. The third-order valence-electron chi connectivity index (χ3n) is 5.32. The number of aromatic amines is 1. The molecule has 0 bridgehead atoms. The summed E-state index contributed by atoms with van der Waals surface area (Å²) in [5.74, 6) is 0.199. The van der Waals surface area contributed by atoms with Crippen molar-refractivity contribution in [3.63, 3.8) is 0 Å². The zero-order valence-corrected chi connectivity index (χ0v) is 18.1. The van der Waals surface area contributed by atoms with Gasteiger partial charge in [0, 0.05) is 30.2 Å². The maximum absolute atomic E-state index is 12.3. The number of ether oxygens (including phenoxy) is 1. The smallest absolute Gasteiger partial charge is 0.328 e. The van der Waals surface area contributed by atoms with E-state index in [9.17, 15) is 4.79 Å². The molecule has 2 rings (SSSR count). The average molecular weight is 383 g/mol. The SMILES string of the molecule is C=CC(CCC=C(C)C)c1ccc(N(C)C(C(=O)OC)C(C)C)c2cc[nH]c12. The van der Waals surface area contributed by atoms with Crippen LogP contribution in [0.3, 0.4) is 0 Å². The monoisotopic (exact) mass is 382 g/mol. The Morgan fingerprint density at radius 3 is 2.57 bits per heavy atom. The van der Waals surface area contributed by atoms with Gasteiger partial charge in [0.2, 0.25) is 0 Å². The normalized spacial score (nSPS) is 13.2. The molecule has 1 N–H and O–H groups in total. The third kappa shape index (κ3) is 4.67. The average Bonchev–Trinajstić information content (AvgIpc) is 3.14. The van der Waals surface area contributed by atoms with Gasteiger partial charge in [0.05, 0.1) is 12.6 Å². The fourth-order valence-electron chi connectivity index (χ4n) is 3.88. The Morgan fingerprint density at radius 2 is 2.00 bits per heavy atom. The van der Waals surface area contributed by atoms with Crippen molar-refractivity contribution < 1.29 is 9.53 Å². The Bertz CT molecular complexity index is 843. The van der Waals surface area contributed by atoms with Crippen LogP contribution in [0.1, 0.15) is 52.0 Å². The number of anilines is 1. The number of methoxy groups -OCH3 is 1. The summed E-state index contributed by atoms with van der Waals surface area (Å²) in [5.41, 5.74) is 4.72. The molecule has 0 aliphatic carbocycles. The van der Waals surface area contributed by atoms with E-state index in [1.807, 2.05) is 38.1 Å². The summed E-state index contributed by atoms with van der Waals surface area (Å²) >= 11 is 0. The molecule has 2 unspecified atom stereocenters. The van der Waals surface area contributed by atoms with Gasteiger partial charge in [0.1, 0.15) is 6.04 Å². The summed E-state index contributed by atoms with van der Waals surface area (Å²) in [6, 6.07) is 6.02. The first-order valence-electron chi connectivity index (χ1n) is 9.98. The second kappa shape index (κ2) is 9.63. The van der Waals surface area contributed by atoms with Crippen molar-refractivity contribution >= 4 is 22.6 Å². The van der Waals surface area contributed by atoms with Gasteiger partial charge in [-0.15, -0.1) is 6.58 Å². The Morgan fingerprint density at radius 1 is 1.29 bits per heavy atom. The fourth-order valence-corrected chi connectivity index (χ4v) is 3.88. The molecule has 0 radical (unpaired) electrons. The van der Waals surface area contributed by atoms with Crippen LogP contribution in [0.25, 0.3) is 10.9 Å². The second-order valence-electron chi connectivity index (χ2n) is 7.96. The van der Waals surface area contributed by atoms with E-state index in [0.29, 0.717) is 0 Å².